The molecule has 2 aromatic rings. The zero-order chi connectivity index (χ0) is 13.5. The van der Waals surface area contributed by atoms with Gasteiger partial charge < -0.3 is 5.11 Å². The highest BCUT2D eigenvalue weighted by molar-refractivity contribution is 5.69. The standard InChI is InChI=1S/C17H16O2/c18-17(19)13-16(15-9-5-2-6-10-15)12-11-14-7-3-1-4-8-14/h1-12,16H,13H2,(H,18,19). The van der Waals surface area contributed by atoms with Crippen LogP contribution in [0.1, 0.15) is 23.5 Å². The summed E-state index contributed by atoms with van der Waals surface area (Å²) in [4.78, 5) is 11.0. The molecule has 0 bridgehead atoms. The first-order chi connectivity index (χ1) is 9.25. The highest BCUT2D eigenvalue weighted by atomic mass is 16.4. The van der Waals surface area contributed by atoms with Gasteiger partial charge in [0.25, 0.3) is 0 Å². The quantitative estimate of drug-likeness (QED) is 0.874. The minimum absolute atomic E-state index is 0.0982. The van der Waals surface area contributed by atoms with Gasteiger partial charge in [-0.2, -0.15) is 0 Å². The predicted octanol–water partition coefficient (Wildman–Crippen LogP) is 3.96. The van der Waals surface area contributed by atoms with Crippen molar-refractivity contribution >= 4 is 12.0 Å². The fourth-order valence-electron chi connectivity index (χ4n) is 1.98. The van der Waals surface area contributed by atoms with E-state index in [9.17, 15) is 4.79 Å². The molecule has 1 atom stereocenters. The zero-order valence-electron chi connectivity index (χ0n) is 10.6. The van der Waals surface area contributed by atoms with Crippen molar-refractivity contribution in [3.05, 3.63) is 77.9 Å². The van der Waals surface area contributed by atoms with E-state index in [1.807, 2.05) is 72.8 Å². The Bertz CT molecular complexity index is 544. The van der Waals surface area contributed by atoms with Gasteiger partial charge in [-0.15, -0.1) is 0 Å². The molecule has 0 aliphatic rings. The van der Waals surface area contributed by atoms with E-state index in [-0.39, 0.29) is 12.3 Å². The fourth-order valence-corrected chi connectivity index (χ4v) is 1.98. The number of benzene rings is 2. The van der Waals surface area contributed by atoms with Crippen LogP contribution in [0.4, 0.5) is 0 Å². The van der Waals surface area contributed by atoms with Crippen LogP contribution < -0.4 is 0 Å². The number of rotatable bonds is 5. The van der Waals surface area contributed by atoms with Crippen LogP contribution in [0.3, 0.4) is 0 Å². The minimum Gasteiger partial charge on any atom is -0.481 e. The molecular weight excluding hydrogens is 236 g/mol. The lowest BCUT2D eigenvalue weighted by molar-refractivity contribution is -0.137. The van der Waals surface area contributed by atoms with Gasteiger partial charge in [0.2, 0.25) is 0 Å². The van der Waals surface area contributed by atoms with E-state index >= 15 is 0 Å². The number of carboxylic acids is 1. The highest BCUT2D eigenvalue weighted by Crippen LogP contribution is 2.22. The van der Waals surface area contributed by atoms with Gasteiger partial charge in [0.05, 0.1) is 6.42 Å². The van der Waals surface area contributed by atoms with E-state index in [0.717, 1.165) is 11.1 Å². The van der Waals surface area contributed by atoms with Crippen LogP contribution in [0.2, 0.25) is 0 Å². The minimum atomic E-state index is -0.786. The molecule has 0 aliphatic carbocycles. The molecule has 0 radical (unpaired) electrons. The summed E-state index contributed by atoms with van der Waals surface area (Å²) in [5.74, 6) is -0.884. The number of aliphatic carboxylic acids is 1. The van der Waals surface area contributed by atoms with Crippen molar-refractivity contribution < 1.29 is 9.90 Å². The van der Waals surface area contributed by atoms with Crippen LogP contribution in [0.15, 0.2) is 66.7 Å². The van der Waals surface area contributed by atoms with E-state index in [0.29, 0.717) is 0 Å². The Morgan fingerprint density at radius 1 is 1.00 bits per heavy atom. The maximum Gasteiger partial charge on any atom is 0.304 e. The van der Waals surface area contributed by atoms with Crippen LogP contribution in [-0.2, 0) is 4.79 Å². The summed E-state index contributed by atoms with van der Waals surface area (Å²) >= 11 is 0. The number of hydrogen-bond acceptors (Lipinski definition) is 1. The molecule has 19 heavy (non-hydrogen) atoms. The third-order valence-electron chi connectivity index (χ3n) is 2.94. The lowest BCUT2D eigenvalue weighted by Crippen LogP contribution is -2.03. The molecule has 1 unspecified atom stereocenters. The van der Waals surface area contributed by atoms with Crippen molar-refractivity contribution in [2.24, 2.45) is 0 Å². The van der Waals surface area contributed by atoms with Crippen LogP contribution in [-0.4, -0.2) is 11.1 Å². The van der Waals surface area contributed by atoms with Crippen molar-refractivity contribution in [1.82, 2.24) is 0 Å². The second-order valence-electron chi connectivity index (χ2n) is 4.38. The average molecular weight is 252 g/mol. The predicted molar refractivity (Wildman–Crippen MR) is 76.9 cm³/mol. The molecule has 1 N–H and O–H groups in total. The summed E-state index contributed by atoms with van der Waals surface area (Å²) in [6, 6.07) is 19.6. The molecule has 0 aliphatic heterocycles. The molecular formula is C17H16O2. The lowest BCUT2D eigenvalue weighted by Gasteiger charge is -2.10. The first-order valence-corrected chi connectivity index (χ1v) is 6.25. The average Bonchev–Trinajstić information content (AvgIpc) is 2.45. The molecule has 96 valence electrons. The monoisotopic (exact) mass is 252 g/mol. The fraction of sp³-hybridized carbons (Fsp3) is 0.118. The van der Waals surface area contributed by atoms with Gasteiger partial charge in [0.15, 0.2) is 0 Å². The van der Waals surface area contributed by atoms with Crippen molar-refractivity contribution in [3.63, 3.8) is 0 Å². The van der Waals surface area contributed by atoms with E-state index in [1.54, 1.807) is 0 Å². The van der Waals surface area contributed by atoms with Gasteiger partial charge >= 0.3 is 5.97 Å². The summed E-state index contributed by atoms with van der Waals surface area (Å²) in [5, 5.41) is 9.01. The number of carboxylic acid groups (broad SMARTS) is 1. The summed E-state index contributed by atoms with van der Waals surface area (Å²) in [5.41, 5.74) is 2.10. The molecule has 0 heterocycles. The number of carbonyl (C=O) groups is 1. The van der Waals surface area contributed by atoms with E-state index in [4.69, 9.17) is 5.11 Å². The molecule has 2 heteroatoms. The molecule has 2 nitrogen and oxygen atoms in total. The van der Waals surface area contributed by atoms with Crippen LogP contribution in [0, 0.1) is 0 Å². The molecule has 0 aromatic heterocycles. The normalized spacial score (nSPS) is 12.4. The summed E-state index contributed by atoms with van der Waals surface area (Å²) < 4.78 is 0. The Balaban J connectivity index is 2.19. The SMILES string of the molecule is O=C(O)CC(C=Cc1ccccc1)c1ccccc1. The van der Waals surface area contributed by atoms with Crippen molar-refractivity contribution in [1.29, 1.82) is 0 Å². The number of allylic oxidation sites excluding steroid dienone is 1. The van der Waals surface area contributed by atoms with Crippen LogP contribution in [0.5, 0.6) is 0 Å². The molecule has 2 rings (SSSR count). The van der Waals surface area contributed by atoms with Crippen LogP contribution >= 0.6 is 0 Å². The van der Waals surface area contributed by atoms with E-state index in [1.165, 1.54) is 0 Å². The molecule has 0 spiro atoms. The maximum absolute atomic E-state index is 11.0. The molecule has 0 saturated heterocycles. The smallest absolute Gasteiger partial charge is 0.304 e. The van der Waals surface area contributed by atoms with Crippen molar-refractivity contribution in [2.45, 2.75) is 12.3 Å². The first kappa shape index (κ1) is 13.1. The van der Waals surface area contributed by atoms with Crippen molar-refractivity contribution in [3.8, 4) is 0 Å². The highest BCUT2D eigenvalue weighted by Gasteiger charge is 2.11. The van der Waals surface area contributed by atoms with Crippen LogP contribution in [0.25, 0.3) is 6.08 Å². The van der Waals surface area contributed by atoms with E-state index in [2.05, 4.69) is 0 Å². The summed E-state index contributed by atoms with van der Waals surface area (Å²) in [6.45, 7) is 0. The van der Waals surface area contributed by atoms with Gasteiger partial charge in [-0.1, -0.05) is 72.8 Å². The van der Waals surface area contributed by atoms with Crippen molar-refractivity contribution in [2.75, 3.05) is 0 Å². The molecule has 2 aromatic carbocycles. The van der Waals surface area contributed by atoms with Gasteiger partial charge in [-0.3, -0.25) is 4.79 Å². The van der Waals surface area contributed by atoms with Gasteiger partial charge in [0, 0.05) is 5.92 Å². The number of hydrogen-bond donors (Lipinski definition) is 1. The van der Waals surface area contributed by atoms with Gasteiger partial charge in [0.1, 0.15) is 0 Å². The third-order valence-corrected chi connectivity index (χ3v) is 2.94. The first-order valence-electron chi connectivity index (χ1n) is 6.25. The molecule has 0 amide bonds. The second kappa shape index (κ2) is 6.55. The Hall–Kier alpha value is -2.35. The molecule has 0 saturated carbocycles. The third kappa shape index (κ3) is 4.11. The van der Waals surface area contributed by atoms with E-state index < -0.39 is 5.97 Å². The Morgan fingerprint density at radius 2 is 1.58 bits per heavy atom. The maximum atomic E-state index is 11.0. The lowest BCUT2D eigenvalue weighted by atomic mass is 9.94. The van der Waals surface area contributed by atoms with Gasteiger partial charge in [-0.25, -0.2) is 0 Å². The summed E-state index contributed by atoms with van der Waals surface area (Å²) in [6.07, 6.45) is 4.03. The Labute approximate surface area is 113 Å². The second-order valence-corrected chi connectivity index (χ2v) is 4.38. The Morgan fingerprint density at radius 3 is 2.16 bits per heavy atom. The zero-order valence-corrected chi connectivity index (χ0v) is 10.6. The summed E-state index contributed by atoms with van der Waals surface area (Å²) in [7, 11) is 0. The Kier molecular flexibility index (Phi) is 4.51. The van der Waals surface area contributed by atoms with Gasteiger partial charge in [-0.05, 0) is 11.1 Å². The molecule has 0 fully saturated rings. The topological polar surface area (TPSA) is 37.3 Å². The largest absolute Gasteiger partial charge is 0.481 e.